The number of aromatic nitrogens is 6. The molecule has 0 radical (unpaired) electrons. The highest BCUT2D eigenvalue weighted by Gasteiger charge is 2.22. The molecular formula is C50H26N10O4S. The Morgan fingerprint density at radius 2 is 0.862 bits per heavy atom. The van der Waals surface area contributed by atoms with E-state index in [2.05, 4.69) is 30.7 Å². The van der Waals surface area contributed by atoms with Crippen molar-refractivity contribution in [3.05, 3.63) is 166 Å². The molecule has 2 N–H and O–H groups in total. The quantitative estimate of drug-likeness (QED) is 0.155. The minimum Gasteiger partial charge on any atom is -0.506 e. The SMILES string of the molecule is O=c1c2cccc3c(N=Nc4ccc(-c5nnc(-c6ccc(N=Nc7c(O)cc8c9c7cccc9c(=O)n7c9ccccc9nc87)cc6)s5)cc4)c(O)cc(c32)c2nc3ccccc3n12. The number of rotatable bonds is 6. The number of phenolic OH excluding ortho intramolecular Hbond substituents is 2. The lowest BCUT2D eigenvalue weighted by molar-refractivity contribution is 0.477. The molecule has 0 bridgehead atoms. The predicted molar refractivity (Wildman–Crippen MR) is 253 cm³/mol. The lowest BCUT2D eigenvalue weighted by Crippen LogP contribution is -2.13. The van der Waals surface area contributed by atoms with Crippen LogP contribution in [0.4, 0.5) is 22.7 Å². The maximum atomic E-state index is 13.8. The van der Waals surface area contributed by atoms with Crippen LogP contribution in [0.2, 0.25) is 0 Å². The molecule has 8 aromatic carbocycles. The lowest BCUT2D eigenvalue weighted by atomic mass is 10.0. The van der Waals surface area contributed by atoms with Gasteiger partial charge in [-0.2, -0.15) is 10.2 Å². The van der Waals surface area contributed by atoms with Gasteiger partial charge in [0.05, 0.1) is 33.4 Å². The van der Waals surface area contributed by atoms with Crippen molar-refractivity contribution in [3.8, 4) is 32.6 Å². The van der Waals surface area contributed by atoms with Gasteiger partial charge in [0.25, 0.3) is 11.1 Å². The second-order valence-electron chi connectivity index (χ2n) is 15.6. The molecule has 13 rings (SSSR count). The van der Waals surface area contributed by atoms with Crippen LogP contribution in [0.5, 0.6) is 11.5 Å². The highest BCUT2D eigenvalue weighted by molar-refractivity contribution is 7.17. The molecule has 13 aromatic rings. The second-order valence-corrected chi connectivity index (χ2v) is 16.6. The van der Waals surface area contributed by atoms with E-state index in [1.54, 1.807) is 45.2 Å². The molecular weight excluding hydrogens is 837 g/mol. The molecule has 0 atom stereocenters. The van der Waals surface area contributed by atoms with Gasteiger partial charge in [0.2, 0.25) is 0 Å². The van der Waals surface area contributed by atoms with Crippen LogP contribution in [-0.4, -0.2) is 39.2 Å². The highest BCUT2D eigenvalue weighted by atomic mass is 32.1. The number of benzene rings is 8. The molecule has 0 amide bonds. The Morgan fingerprint density at radius 3 is 1.31 bits per heavy atom. The predicted octanol–water partition coefficient (Wildman–Crippen LogP) is 11.9. The van der Waals surface area contributed by atoms with E-state index in [-0.39, 0.29) is 34.0 Å². The summed E-state index contributed by atoms with van der Waals surface area (Å²) in [6.45, 7) is 0. The topological polar surface area (TPSA) is 184 Å². The molecule has 0 fully saturated rings. The molecule has 0 aliphatic heterocycles. The smallest absolute Gasteiger partial charge is 0.264 e. The van der Waals surface area contributed by atoms with E-state index in [0.29, 0.717) is 97.8 Å². The fourth-order valence-corrected chi connectivity index (χ4v) is 9.76. The summed E-state index contributed by atoms with van der Waals surface area (Å²) in [6, 6.07) is 43.6. The highest BCUT2D eigenvalue weighted by Crippen LogP contribution is 2.44. The first-order chi connectivity index (χ1) is 31.9. The first-order valence-electron chi connectivity index (χ1n) is 20.4. The zero-order chi connectivity index (χ0) is 43.5. The number of imidazole rings is 2. The minimum atomic E-state index is -0.192. The Bertz CT molecular complexity index is 4040. The fourth-order valence-electron chi connectivity index (χ4n) is 8.91. The molecule has 0 aliphatic rings. The summed E-state index contributed by atoms with van der Waals surface area (Å²) in [7, 11) is 0. The Labute approximate surface area is 367 Å². The molecule has 0 aliphatic carbocycles. The maximum Gasteiger partial charge on any atom is 0.264 e. The number of hydrogen-bond donors (Lipinski definition) is 2. The number of nitrogens with zero attached hydrogens (tertiary/aromatic N) is 10. The molecule has 0 spiro atoms. The second kappa shape index (κ2) is 13.7. The van der Waals surface area contributed by atoms with Crippen molar-refractivity contribution in [2.45, 2.75) is 0 Å². The molecule has 5 heterocycles. The third-order valence-corrected chi connectivity index (χ3v) is 12.9. The van der Waals surface area contributed by atoms with Crippen molar-refractivity contribution in [1.29, 1.82) is 0 Å². The summed E-state index contributed by atoms with van der Waals surface area (Å²) in [5.41, 5.74) is 6.64. The molecule has 0 saturated heterocycles. The van der Waals surface area contributed by atoms with Gasteiger partial charge in [-0.15, -0.1) is 20.4 Å². The van der Waals surface area contributed by atoms with E-state index >= 15 is 0 Å². The Hall–Kier alpha value is -9.08. The first-order valence-corrected chi connectivity index (χ1v) is 21.2. The van der Waals surface area contributed by atoms with E-state index in [1.807, 2.05) is 109 Å². The van der Waals surface area contributed by atoms with Crippen LogP contribution in [0.15, 0.2) is 176 Å². The first kappa shape index (κ1) is 36.6. The van der Waals surface area contributed by atoms with Gasteiger partial charge in [-0.3, -0.25) is 18.4 Å². The van der Waals surface area contributed by atoms with E-state index in [9.17, 15) is 19.8 Å². The van der Waals surface area contributed by atoms with E-state index < -0.39 is 0 Å². The molecule has 0 saturated carbocycles. The third kappa shape index (κ3) is 5.45. The molecule has 65 heavy (non-hydrogen) atoms. The van der Waals surface area contributed by atoms with Gasteiger partial charge in [0, 0.05) is 54.2 Å². The van der Waals surface area contributed by atoms with Crippen molar-refractivity contribution >= 4 is 111 Å². The summed E-state index contributed by atoms with van der Waals surface area (Å²) < 4.78 is 3.19. The Balaban J connectivity index is 0.759. The van der Waals surface area contributed by atoms with Crippen molar-refractivity contribution < 1.29 is 10.2 Å². The van der Waals surface area contributed by atoms with Crippen LogP contribution in [-0.2, 0) is 0 Å². The van der Waals surface area contributed by atoms with Gasteiger partial charge in [-0.05, 0) is 97.1 Å². The summed E-state index contributed by atoms with van der Waals surface area (Å²) in [6.07, 6.45) is 0. The number of azo groups is 2. The van der Waals surface area contributed by atoms with Gasteiger partial charge >= 0.3 is 0 Å². The zero-order valence-corrected chi connectivity index (χ0v) is 34.3. The van der Waals surface area contributed by atoms with Crippen LogP contribution in [0.1, 0.15) is 0 Å². The van der Waals surface area contributed by atoms with Gasteiger partial charge in [-0.25, -0.2) is 9.97 Å². The number of fused-ring (bicyclic) bond motifs is 8. The standard InChI is InChI=1S/C50H26N10O4S/c61-39-23-33-41-29(7-5-9-31(41)49(63)59-37-13-3-1-11-35(37)51-45(33)59)43(39)55-53-27-19-15-25(16-20-27)47-57-58-48(65-47)26-17-21-28(22-18-26)54-56-44-30-8-6-10-32-42(30)34(24-40(44)62)46-52-36-12-2-4-14-38(36)60(46)50(32)64/h1-24,61-62H. The molecule has 5 aromatic heterocycles. The van der Waals surface area contributed by atoms with Gasteiger partial charge in [-0.1, -0.05) is 59.9 Å². The van der Waals surface area contributed by atoms with Crippen LogP contribution in [0.25, 0.3) is 97.6 Å². The number of phenols is 2. The van der Waals surface area contributed by atoms with E-state index in [0.717, 1.165) is 11.1 Å². The van der Waals surface area contributed by atoms with Gasteiger partial charge in [0.1, 0.15) is 44.2 Å². The summed E-state index contributed by atoms with van der Waals surface area (Å²) >= 11 is 1.43. The fraction of sp³-hybridized carbons (Fsp3) is 0. The minimum absolute atomic E-state index is 0.0790. The van der Waals surface area contributed by atoms with Crippen molar-refractivity contribution in [2.75, 3.05) is 0 Å². The van der Waals surface area contributed by atoms with Crippen molar-refractivity contribution in [1.82, 2.24) is 29.0 Å². The summed E-state index contributed by atoms with van der Waals surface area (Å²) in [5, 5.41) is 55.5. The number of pyridine rings is 2. The van der Waals surface area contributed by atoms with Crippen LogP contribution < -0.4 is 11.1 Å². The number of aromatic hydroxyl groups is 2. The number of para-hydroxylation sites is 4. The lowest BCUT2D eigenvalue weighted by Gasteiger charge is -2.10. The molecule has 15 heteroatoms. The van der Waals surface area contributed by atoms with Crippen LogP contribution in [0.3, 0.4) is 0 Å². The average molecular weight is 863 g/mol. The average Bonchev–Trinajstić information content (AvgIpc) is 4.09. The van der Waals surface area contributed by atoms with E-state index in [1.165, 1.54) is 11.3 Å². The Kier molecular flexibility index (Phi) is 7.71. The van der Waals surface area contributed by atoms with Gasteiger partial charge in [0.15, 0.2) is 0 Å². The Morgan fingerprint density at radius 1 is 0.446 bits per heavy atom. The monoisotopic (exact) mass is 862 g/mol. The largest absolute Gasteiger partial charge is 0.506 e. The summed E-state index contributed by atoms with van der Waals surface area (Å²) in [4.78, 5) is 37.0. The number of hydrogen-bond acceptors (Lipinski definition) is 13. The van der Waals surface area contributed by atoms with Crippen molar-refractivity contribution in [2.24, 2.45) is 20.5 Å². The molecule has 14 nitrogen and oxygen atoms in total. The summed E-state index contributed by atoms with van der Waals surface area (Å²) in [5.74, 6) is -0.158. The van der Waals surface area contributed by atoms with Crippen LogP contribution >= 0.6 is 11.3 Å². The zero-order valence-electron chi connectivity index (χ0n) is 33.4. The third-order valence-electron chi connectivity index (χ3n) is 11.9. The molecule has 306 valence electrons. The van der Waals surface area contributed by atoms with Crippen molar-refractivity contribution in [3.63, 3.8) is 0 Å². The maximum absolute atomic E-state index is 13.8. The molecule has 0 unspecified atom stereocenters. The normalized spacial score (nSPS) is 12.4. The van der Waals surface area contributed by atoms with Gasteiger partial charge < -0.3 is 10.2 Å². The van der Waals surface area contributed by atoms with E-state index in [4.69, 9.17) is 9.97 Å². The van der Waals surface area contributed by atoms with Crippen LogP contribution in [0, 0.1) is 0 Å².